The van der Waals surface area contributed by atoms with Crippen LogP contribution in [0.25, 0.3) is 10.9 Å². The summed E-state index contributed by atoms with van der Waals surface area (Å²) in [6.07, 6.45) is 0. The van der Waals surface area contributed by atoms with Gasteiger partial charge in [-0.2, -0.15) is 0 Å². The molecule has 0 bridgehead atoms. The van der Waals surface area contributed by atoms with Crippen LogP contribution < -0.4 is 10.6 Å². The van der Waals surface area contributed by atoms with Crippen LogP contribution in [-0.4, -0.2) is 23.1 Å². The molecule has 0 radical (unpaired) electrons. The van der Waals surface area contributed by atoms with Gasteiger partial charge in [-0.1, -0.05) is 18.2 Å². The summed E-state index contributed by atoms with van der Waals surface area (Å²) in [6.45, 7) is 7.31. The third kappa shape index (κ3) is 2.70. The molecule has 0 fully saturated rings. The lowest BCUT2D eigenvalue weighted by molar-refractivity contribution is -0.122. The number of hydrogen-bond acceptors (Lipinski definition) is 2. The predicted octanol–water partition coefficient (Wildman–Crippen LogP) is 2.10. The van der Waals surface area contributed by atoms with Crippen LogP contribution in [0, 0.1) is 6.92 Å². The van der Waals surface area contributed by atoms with Gasteiger partial charge in [0.2, 0.25) is 5.91 Å². The fraction of sp³-hybridized carbons (Fsp3) is 0.438. The predicted molar refractivity (Wildman–Crippen MR) is 82.6 cm³/mol. The number of para-hydroxylation sites is 1. The zero-order valence-electron chi connectivity index (χ0n) is 12.7. The van der Waals surface area contributed by atoms with Crippen LogP contribution in [-0.2, 0) is 18.4 Å². The zero-order valence-corrected chi connectivity index (χ0v) is 12.7. The van der Waals surface area contributed by atoms with Crippen molar-refractivity contribution in [3.8, 4) is 0 Å². The highest BCUT2D eigenvalue weighted by Crippen LogP contribution is 2.24. The van der Waals surface area contributed by atoms with E-state index in [9.17, 15) is 4.79 Å². The highest BCUT2D eigenvalue weighted by molar-refractivity contribution is 5.85. The number of nitrogens with zero attached hydrogens (tertiary/aromatic N) is 1. The van der Waals surface area contributed by atoms with Gasteiger partial charge in [0.1, 0.15) is 0 Å². The lowest BCUT2D eigenvalue weighted by Gasteiger charge is -2.14. The first-order valence-corrected chi connectivity index (χ1v) is 7.10. The van der Waals surface area contributed by atoms with E-state index < -0.39 is 0 Å². The molecule has 1 unspecified atom stereocenters. The molecule has 1 atom stereocenters. The summed E-state index contributed by atoms with van der Waals surface area (Å²) in [5, 5.41) is 7.40. The van der Waals surface area contributed by atoms with Crippen LogP contribution in [0.3, 0.4) is 0 Å². The van der Waals surface area contributed by atoms with Crippen LogP contribution in [0.4, 0.5) is 0 Å². The zero-order chi connectivity index (χ0) is 14.7. The van der Waals surface area contributed by atoms with Crippen LogP contribution in [0.15, 0.2) is 24.3 Å². The fourth-order valence-electron chi connectivity index (χ4n) is 2.56. The molecule has 1 aromatic carbocycles. The molecule has 1 amide bonds. The molecule has 20 heavy (non-hydrogen) atoms. The molecular formula is C16H23N3O. The first-order valence-electron chi connectivity index (χ1n) is 7.10. The van der Waals surface area contributed by atoms with E-state index in [-0.39, 0.29) is 11.9 Å². The van der Waals surface area contributed by atoms with Gasteiger partial charge in [-0.05, 0) is 32.4 Å². The molecule has 1 heterocycles. The summed E-state index contributed by atoms with van der Waals surface area (Å²) in [5.74, 6) is 0.0453. The molecule has 0 saturated heterocycles. The van der Waals surface area contributed by atoms with E-state index in [2.05, 4.69) is 53.4 Å². The Bertz CT molecular complexity index is 576. The maximum Gasteiger partial charge on any atom is 0.236 e. The fourth-order valence-corrected chi connectivity index (χ4v) is 2.56. The normalized spacial score (nSPS) is 12.6. The van der Waals surface area contributed by atoms with Gasteiger partial charge >= 0.3 is 0 Å². The Balaban J connectivity index is 2.16. The summed E-state index contributed by atoms with van der Waals surface area (Å²) in [4.78, 5) is 11.7. The Kier molecular flexibility index (Phi) is 4.45. The number of rotatable bonds is 5. The van der Waals surface area contributed by atoms with Gasteiger partial charge in [0.25, 0.3) is 0 Å². The lowest BCUT2D eigenvalue weighted by Crippen LogP contribution is -2.41. The molecule has 0 aliphatic heterocycles. The van der Waals surface area contributed by atoms with Crippen molar-refractivity contribution in [1.82, 2.24) is 15.2 Å². The Labute approximate surface area is 120 Å². The average molecular weight is 273 g/mol. The molecule has 0 aliphatic rings. The van der Waals surface area contributed by atoms with Crippen molar-refractivity contribution < 1.29 is 4.79 Å². The number of hydrogen-bond donors (Lipinski definition) is 2. The van der Waals surface area contributed by atoms with Crippen LogP contribution in [0.2, 0.25) is 0 Å². The molecule has 4 heteroatoms. The Morgan fingerprint density at radius 2 is 2.05 bits per heavy atom. The van der Waals surface area contributed by atoms with Gasteiger partial charge < -0.3 is 15.2 Å². The van der Waals surface area contributed by atoms with Gasteiger partial charge in [-0.15, -0.1) is 0 Å². The highest BCUT2D eigenvalue weighted by atomic mass is 16.2. The third-order valence-electron chi connectivity index (χ3n) is 3.83. The van der Waals surface area contributed by atoms with Crippen LogP contribution >= 0.6 is 0 Å². The van der Waals surface area contributed by atoms with E-state index in [0.29, 0.717) is 13.1 Å². The van der Waals surface area contributed by atoms with Crippen LogP contribution in [0.5, 0.6) is 0 Å². The molecule has 2 aromatic rings. The summed E-state index contributed by atoms with van der Waals surface area (Å²) in [6, 6.07) is 8.19. The quantitative estimate of drug-likeness (QED) is 0.876. The van der Waals surface area contributed by atoms with E-state index in [1.807, 2.05) is 13.8 Å². The second-order valence-electron chi connectivity index (χ2n) is 5.15. The topological polar surface area (TPSA) is 46.1 Å². The van der Waals surface area contributed by atoms with Crippen molar-refractivity contribution in [2.45, 2.75) is 33.4 Å². The SMILES string of the molecule is CCNC(=O)C(C)NCc1c(C)c2ccccc2n1C. The molecule has 0 aliphatic carbocycles. The molecular weight excluding hydrogens is 250 g/mol. The molecule has 108 valence electrons. The second kappa shape index (κ2) is 6.09. The van der Waals surface area contributed by atoms with E-state index in [1.54, 1.807) is 0 Å². The van der Waals surface area contributed by atoms with Crippen molar-refractivity contribution >= 4 is 16.8 Å². The van der Waals surface area contributed by atoms with Crippen molar-refractivity contribution in [2.75, 3.05) is 6.54 Å². The van der Waals surface area contributed by atoms with Crippen molar-refractivity contribution in [1.29, 1.82) is 0 Å². The summed E-state index contributed by atoms with van der Waals surface area (Å²) < 4.78 is 2.20. The first kappa shape index (κ1) is 14.6. The molecule has 4 nitrogen and oxygen atoms in total. The van der Waals surface area contributed by atoms with Gasteiger partial charge in [0.15, 0.2) is 0 Å². The van der Waals surface area contributed by atoms with Gasteiger partial charge in [-0.3, -0.25) is 4.79 Å². The largest absolute Gasteiger partial charge is 0.355 e. The smallest absolute Gasteiger partial charge is 0.236 e. The monoisotopic (exact) mass is 273 g/mol. The minimum Gasteiger partial charge on any atom is -0.355 e. The maximum absolute atomic E-state index is 11.7. The number of likely N-dealkylation sites (N-methyl/N-ethyl adjacent to an activating group) is 1. The maximum atomic E-state index is 11.7. The third-order valence-corrected chi connectivity index (χ3v) is 3.83. The van der Waals surface area contributed by atoms with Gasteiger partial charge in [0.05, 0.1) is 6.04 Å². The van der Waals surface area contributed by atoms with E-state index in [4.69, 9.17) is 0 Å². The van der Waals surface area contributed by atoms with Gasteiger partial charge in [0, 0.05) is 36.7 Å². The van der Waals surface area contributed by atoms with Crippen LogP contribution in [0.1, 0.15) is 25.1 Å². The standard InChI is InChI=1S/C16H23N3O/c1-5-17-16(20)12(3)18-10-15-11(2)13-8-6-7-9-14(13)19(15)4/h6-9,12,18H,5,10H2,1-4H3,(H,17,20). The lowest BCUT2D eigenvalue weighted by atomic mass is 10.1. The average Bonchev–Trinajstić information content (AvgIpc) is 2.69. The molecule has 2 rings (SSSR count). The molecule has 1 aromatic heterocycles. The highest BCUT2D eigenvalue weighted by Gasteiger charge is 2.14. The van der Waals surface area contributed by atoms with E-state index in [1.165, 1.54) is 22.2 Å². The number of aromatic nitrogens is 1. The summed E-state index contributed by atoms with van der Waals surface area (Å²) >= 11 is 0. The Morgan fingerprint density at radius 1 is 1.35 bits per heavy atom. The minimum absolute atomic E-state index is 0.0453. The van der Waals surface area contributed by atoms with Crippen molar-refractivity contribution in [3.63, 3.8) is 0 Å². The number of carbonyl (C=O) groups is 1. The number of nitrogens with one attached hydrogen (secondary N) is 2. The number of fused-ring (bicyclic) bond motifs is 1. The second-order valence-corrected chi connectivity index (χ2v) is 5.15. The number of carbonyl (C=O) groups excluding carboxylic acids is 1. The van der Waals surface area contributed by atoms with Crippen molar-refractivity contribution in [2.24, 2.45) is 7.05 Å². The first-order chi connectivity index (χ1) is 9.56. The molecule has 0 saturated carbocycles. The van der Waals surface area contributed by atoms with E-state index in [0.717, 1.165) is 0 Å². The molecule has 0 spiro atoms. The van der Waals surface area contributed by atoms with Gasteiger partial charge in [-0.25, -0.2) is 0 Å². The Morgan fingerprint density at radius 3 is 2.70 bits per heavy atom. The summed E-state index contributed by atoms with van der Waals surface area (Å²) in [5.41, 5.74) is 3.73. The van der Waals surface area contributed by atoms with Crippen molar-refractivity contribution in [3.05, 3.63) is 35.5 Å². The Hall–Kier alpha value is -1.81. The number of benzene rings is 1. The number of amides is 1. The minimum atomic E-state index is -0.188. The summed E-state index contributed by atoms with van der Waals surface area (Å²) in [7, 11) is 2.07. The molecule has 2 N–H and O–H groups in total. The van der Waals surface area contributed by atoms with E-state index >= 15 is 0 Å². The number of aryl methyl sites for hydroxylation is 2.